The number of nitrogens with two attached hydrogens (primary N) is 1. The number of nitrogens with zero attached hydrogens (tertiary/aromatic N) is 2. The Labute approximate surface area is 120 Å². The lowest BCUT2D eigenvalue weighted by molar-refractivity contribution is -0.138. The monoisotopic (exact) mass is 273 g/mol. The summed E-state index contributed by atoms with van der Waals surface area (Å²) in [7, 11) is 0. The highest BCUT2D eigenvalue weighted by atomic mass is 16.2. The largest absolute Gasteiger partial charge is 0.334 e. The SMILES string of the molecule is NCC1CCCC1C(=O)N(Cc1ccccn1)C1CC1. The van der Waals surface area contributed by atoms with Crippen LogP contribution in [0.4, 0.5) is 0 Å². The Morgan fingerprint density at radius 2 is 2.15 bits per heavy atom. The summed E-state index contributed by atoms with van der Waals surface area (Å²) in [6.07, 6.45) is 7.32. The molecule has 1 amide bonds. The van der Waals surface area contributed by atoms with Crippen molar-refractivity contribution in [1.82, 2.24) is 9.88 Å². The number of pyridine rings is 1. The molecule has 2 saturated carbocycles. The first-order chi connectivity index (χ1) is 9.79. The van der Waals surface area contributed by atoms with Gasteiger partial charge in [0.15, 0.2) is 0 Å². The molecule has 0 aromatic carbocycles. The molecule has 0 saturated heterocycles. The van der Waals surface area contributed by atoms with Crippen molar-refractivity contribution in [2.75, 3.05) is 6.54 Å². The predicted molar refractivity (Wildman–Crippen MR) is 77.7 cm³/mol. The highest BCUT2D eigenvalue weighted by Crippen LogP contribution is 2.36. The van der Waals surface area contributed by atoms with E-state index in [-0.39, 0.29) is 5.92 Å². The Hall–Kier alpha value is -1.42. The Kier molecular flexibility index (Phi) is 4.01. The lowest BCUT2D eigenvalue weighted by Gasteiger charge is -2.28. The maximum atomic E-state index is 12.8. The lowest BCUT2D eigenvalue weighted by Crippen LogP contribution is -2.40. The highest BCUT2D eigenvalue weighted by molar-refractivity contribution is 5.80. The first-order valence-corrected chi connectivity index (χ1v) is 7.70. The van der Waals surface area contributed by atoms with E-state index in [2.05, 4.69) is 9.88 Å². The summed E-state index contributed by atoms with van der Waals surface area (Å²) < 4.78 is 0. The molecule has 2 N–H and O–H groups in total. The van der Waals surface area contributed by atoms with Crippen LogP contribution in [-0.2, 0) is 11.3 Å². The standard InChI is InChI=1S/C16H23N3O/c17-10-12-4-3-6-15(12)16(20)19(14-7-8-14)11-13-5-1-2-9-18-13/h1-2,5,9,12,14-15H,3-4,6-8,10-11,17H2. The molecule has 20 heavy (non-hydrogen) atoms. The number of rotatable bonds is 5. The Bertz CT molecular complexity index is 458. The molecule has 2 unspecified atom stereocenters. The zero-order valence-corrected chi connectivity index (χ0v) is 11.9. The molecular formula is C16H23N3O. The zero-order valence-electron chi connectivity index (χ0n) is 11.9. The topological polar surface area (TPSA) is 59.2 Å². The van der Waals surface area contributed by atoms with Gasteiger partial charge in [0.1, 0.15) is 0 Å². The van der Waals surface area contributed by atoms with E-state index in [1.807, 2.05) is 18.2 Å². The molecule has 4 nitrogen and oxygen atoms in total. The van der Waals surface area contributed by atoms with Crippen molar-refractivity contribution in [2.45, 2.75) is 44.7 Å². The summed E-state index contributed by atoms with van der Waals surface area (Å²) in [6, 6.07) is 6.32. The van der Waals surface area contributed by atoms with E-state index in [1.54, 1.807) is 6.20 Å². The fourth-order valence-corrected chi connectivity index (χ4v) is 3.30. The first kappa shape index (κ1) is 13.6. The van der Waals surface area contributed by atoms with Crippen LogP contribution in [0.3, 0.4) is 0 Å². The highest BCUT2D eigenvalue weighted by Gasteiger charge is 2.40. The zero-order chi connectivity index (χ0) is 13.9. The van der Waals surface area contributed by atoms with Gasteiger partial charge in [0.25, 0.3) is 0 Å². The number of aromatic nitrogens is 1. The Morgan fingerprint density at radius 3 is 2.80 bits per heavy atom. The predicted octanol–water partition coefficient (Wildman–Crippen LogP) is 1.95. The lowest BCUT2D eigenvalue weighted by atomic mass is 9.94. The van der Waals surface area contributed by atoms with Gasteiger partial charge in [-0.3, -0.25) is 9.78 Å². The molecule has 1 heterocycles. The Morgan fingerprint density at radius 1 is 1.30 bits per heavy atom. The van der Waals surface area contributed by atoms with Crippen LogP contribution in [0, 0.1) is 11.8 Å². The van der Waals surface area contributed by atoms with E-state index < -0.39 is 0 Å². The molecule has 1 aromatic rings. The second-order valence-corrected chi connectivity index (χ2v) is 6.05. The molecular weight excluding hydrogens is 250 g/mol. The van der Waals surface area contributed by atoms with Gasteiger partial charge in [-0.05, 0) is 50.3 Å². The molecule has 0 aliphatic heterocycles. The number of hydrogen-bond donors (Lipinski definition) is 1. The summed E-state index contributed by atoms with van der Waals surface area (Å²) in [6.45, 7) is 1.29. The van der Waals surface area contributed by atoms with Crippen molar-refractivity contribution < 1.29 is 4.79 Å². The quantitative estimate of drug-likeness (QED) is 0.892. The van der Waals surface area contributed by atoms with E-state index in [1.165, 1.54) is 0 Å². The van der Waals surface area contributed by atoms with Gasteiger partial charge in [-0.15, -0.1) is 0 Å². The summed E-state index contributed by atoms with van der Waals surface area (Å²) >= 11 is 0. The third kappa shape index (κ3) is 2.85. The second-order valence-electron chi connectivity index (χ2n) is 6.05. The van der Waals surface area contributed by atoms with Crippen molar-refractivity contribution in [1.29, 1.82) is 0 Å². The van der Waals surface area contributed by atoms with Gasteiger partial charge < -0.3 is 10.6 Å². The van der Waals surface area contributed by atoms with Crippen LogP contribution >= 0.6 is 0 Å². The summed E-state index contributed by atoms with van der Waals surface area (Å²) in [5.74, 6) is 0.836. The van der Waals surface area contributed by atoms with E-state index in [4.69, 9.17) is 5.73 Å². The fourth-order valence-electron chi connectivity index (χ4n) is 3.30. The third-order valence-electron chi connectivity index (χ3n) is 4.61. The average Bonchev–Trinajstić information content (AvgIpc) is 3.21. The van der Waals surface area contributed by atoms with Gasteiger partial charge in [-0.2, -0.15) is 0 Å². The molecule has 2 aliphatic carbocycles. The molecule has 108 valence electrons. The van der Waals surface area contributed by atoms with E-state index in [0.29, 0.717) is 31.0 Å². The van der Waals surface area contributed by atoms with Crippen LogP contribution in [0.25, 0.3) is 0 Å². The van der Waals surface area contributed by atoms with Crippen LogP contribution in [0.2, 0.25) is 0 Å². The van der Waals surface area contributed by atoms with Crippen molar-refractivity contribution in [3.8, 4) is 0 Å². The van der Waals surface area contributed by atoms with Gasteiger partial charge in [0, 0.05) is 18.2 Å². The summed E-state index contributed by atoms with van der Waals surface area (Å²) in [5.41, 5.74) is 6.80. The van der Waals surface area contributed by atoms with Crippen molar-refractivity contribution >= 4 is 5.91 Å². The fraction of sp³-hybridized carbons (Fsp3) is 0.625. The van der Waals surface area contributed by atoms with Crippen molar-refractivity contribution in [3.05, 3.63) is 30.1 Å². The van der Waals surface area contributed by atoms with Gasteiger partial charge in [-0.1, -0.05) is 12.5 Å². The summed E-state index contributed by atoms with van der Waals surface area (Å²) in [5, 5.41) is 0. The number of amides is 1. The average molecular weight is 273 g/mol. The van der Waals surface area contributed by atoms with E-state index in [9.17, 15) is 4.79 Å². The molecule has 1 aromatic heterocycles. The number of carbonyl (C=O) groups excluding carboxylic acids is 1. The van der Waals surface area contributed by atoms with Gasteiger partial charge in [0.2, 0.25) is 5.91 Å². The van der Waals surface area contributed by atoms with Crippen molar-refractivity contribution in [3.63, 3.8) is 0 Å². The molecule has 4 heteroatoms. The Balaban J connectivity index is 1.72. The van der Waals surface area contributed by atoms with Gasteiger partial charge in [0.05, 0.1) is 12.2 Å². The minimum Gasteiger partial charge on any atom is -0.334 e. The molecule has 2 fully saturated rings. The molecule has 0 bridgehead atoms. The molecule has 2 aliphatic rings. The number of carbonyl (C=O) groups is 1. The smallest absolute Gasteiger partial charge is 0.226 e. The number of hydrogen-bond acceptors (Lipinski definition) is 3. The van der Waals surface area contributed by atoms with Crippen LogP contribution in [0.5, 0.6) is 0 Å². The molecule has 3 rings (SSSR count). The molecule has 2 atom stereocenters. The van der Waals surface area contributed by atoms with Crippen LogP contribution in [0.1, 0.15) is 37.8 Å². The maximum absolute atomic E-state index is 12.8. The third-order valence-corrected chi connectivity index (χ3v) is 4.61. The maximum Gasteiger partial charge on any atom is 0.226 e. The molecule has 0 radical (unpaired) electrons. The summed E-state index contributed by atoms with van der Waals surface area (Å²) in [4.78, 5) is 19.3. The van der Waals surface area contributed by atoms with Crippen molar-refractivity contribution in [2.24, 2.45) is 17.6 Å². The van der Waals surface area contributed by atoms with Gasteiger partial charge in [-0.25, -0.2) is 0 Å². The van der Waals surface area contributed by atoms with Crippen LogP contribution in [-0.4, -0.2) is 28.4 Å². The minimum absolute atomic E-state index is 0.143. The van der Waals surface area contributed by atoms with E-state index in [0.717, 1.165) is 37.8 Å². The van der Waals surface area contributed by atoms with E-state index >= 15 is 0 Å². The second kappa shape index (κ2) is 5.92. The van der Waals surface area contributed by atoms with Gasteiger partial charge >= 0.3 is 0 Å². The normalized spacial score (nSPS) is 25.6. The molecule has 0 spiro atoms. The minimum atomic E-state index is 0.143. The van der Waals surface area contributed by atoms with Crippen LogP contribution < -0.4 is 5.73 Å². The first-order valence-electron chi connectivity index (χ1n) is 7.70. The van der Waals surface area contributed by atoms with Crippen LogP contribution in [0.15, 0.2) is 24.4 Å².